The van der Waals surface area contributed by atoms with E-state index in [0.29, 0.717) is 5.92 Å². The molecule has 0 radical (unpaired) electrons. The van der Waals surface area contributed by atoms with Crippen molar-refractivity contribution in [1.82, 2.24) is 0 Å². The Morgan fingerprint density at radius 2 is 2.05 bits per heavy atom. The molecule has 3 N–H and O–H groups in total. The Bertz CT molecular complexity index is 403. The van der Waals surface area contributed by atoms with Gasteiger partial charge in [0.2, 0.25) is 0 Å². The van der Waals surface area contributed by atoms with Crippen LogP contribution in [0.5, 0.6) is 0 Å². The summed E-state index contributed by atoms with van der Waals surface area (Å²) in [5.74, 6) is -0.321. The molecule has 0 unspecified atom stereocenters. The minimum atomic E-state index is -0.806. The maximum Gasteiger partial charge on any atom is 0.304 e. The minimum Gasteiger partial charge on any atom is -0.481 e. The molecule has 3 nitrogen and oxygen atoms in total. The fraction of sp³-hybridized carbons (Fsp3) is 0.562. The standard InChI is InChI=1S/C16H25NO2/c1-12(10-15(17)11-16(18)19)6-5-9-14-8-4-3-7-13(14)2/h3-4,7-8,12,15H,5-6,9-11,17H2,1-2H3,(H,18,19)/t12-,15-/m0/s1. The van der Waals surface area contributed by atoms with E-state index in [1.165, 1.54) is 11.1 Å². The fourth-order valence-corrected chi connectivity index (χ4v) is 2.47. The van der Waals surface area contributed by atoms with Crippen molar-refractivity contribution in [2.24, 2.45) is 11.7 Å². The molecular formula is C16H25NO2. The normalized spacial score (nSPS) is 14.1. The Labute approximate surface area is 115 Å². The van der Waals surface area contributed by atoms with Gasteiger partial charge in [0.15, 0.2) is 0 Å². The lowest BCUT2D eigenvalue weighted by atomic mass is 9.93. The van der Waals surface area contributed by atoms with Crippen molar-refractivity contribution < 1.29 is 9.90 Å². The quantitative estimate of drug-likeness (QED) is 0.757. The molecule has 0 aliphatic heterocycles. The number of carboxylic acids is 1. The first-order valence-electron chi connectivity index (χ1n) is 7.01. The highest BCUT2D eigenvalue weighted by molar-refractivity contribution is 5.67. The molecular weight excluding hydrogens is 238 g/mol. The van der Waals surface area contributed by atoms with Crippen LogP contribution in [-0.4, -0.2) is 17.1 Å². The molecule has 1 aromatic rings. The maximum absolute atomic E-state index is 10.5. The Kier molecular flexibility index (Phi) is 6.57. The summed E-state index contributed by atoms with van der Waals surface area (Å²) in [6.45, 7) is 4.29. The van der Waals surface area contributed by atoms with Crippen LogP contribution in [0.25, 0.3) is 0 Å². The van der Waals surface area contributed by atoms with Gasteiger partial charge < -0.3 is 10.8 Å². The van der Waals surface area contributed by atoms with Crippen LogP contribution in [0, 0.1) is 12.8 Å². The summed E-state index contributed by atoms with van der Waals surface area (Å²) >= 11 is 0. The van der Waals surface area contributed by atoms with Crippen LogP contribution in [0.2, 0.25) is 0 Å². The molecule has 0 saturated heterocycles. The van der Waals surface area contributed by atoms with E-state index in [-0.39, 0.29) is 12.5 Å². The van der Waals surface area contributed by atoms with Crippen LogP contribution in [0.15, 0.2) is 24.3 Å². The van der Waals surface area contributed by atoms with Crippen LogP contribution in [-0.2, 0) is 11.2 Å². The monoisotopic (exact) mass is 263 g/mol. The van der Waals surface area contributed by atoms with Crippen LogP contribution in [0.3, 0.4) is 0 Å². The lowest BCUT2D eigenvalue weighted by Crippen LogP contribution is -2.26. The summed E-state index contributed by atoms with van der Waals surface area (Å²) < 4.78 is 0. The predicted octanol–water partition coefficient (Wildman–Crippen LogP) is 3.15. The van der Waals surface area contributed by atoms with Crippen LogP contribution in [0.4, 0.5) is 0 Å². The summed E-state index contributed by atoms with van der Waals surface area (Å²) in [4.78, 5) is 10.5. The number of hydrogen-bond acceptors (Lipinski definition) is 2. The van der Waals surface area contributed by atoms with E-state index in [2.05, 4.69) is 38.1 Å². The zero-order chi connectivity index (χ0) is 14.3. The average molecular weight is 263 g/mol. The molecule has 1 rings (SSSR count). The van der Waals surface area contributed by atoms with Gasteiger partial charge in [0.25, 0.3) is 0 Å². The van der Waals surface area contributed by atoms with Gasteiger partial charge in [0.1, 0.15) is 0 Å². The van der Waals surface area contributed by atoms with Gasteiger partial charge in [-0.15, -0.1) is 0 Å². The molecule has 0 spiro atoms. The molecule has 19 heavy (non-hydrogen) atoms. The summed E-state index contributed by atoms with van der Waals surface area (Å²) in [7, 11) is 0. The lowest BCUT2D eigenvalue weighted by molar-refractivity contribution is -0.137. The van der Waals surface area contributed by atoms with E-state index in [4.69, 9.17) is 10.8 Å². The number of aliphatic carboxylic acids is 1. The number of carboxylic acid groups (broad SMARTS) is 1. The average Bonchev–Trinajstić information content (AvgIpc) is 2.30. The number of benzene rings is 1. The molecule has 0 saturated carbocycles. The Balaban J connectivity index is 2.25. The minimum absolute atomic E-state index is 0.0716. The van der Waals surface area contributed by atoms with E-state index < -0.39 is 5.97 Å². The summed E-state index contributed by atoms with van der Waals surface area (Å²) in [6.07, 6.45) is 4.18. The zero-order valence-corrected chi connectivity index (χ0v) is 11.9. The molecule has 0 heterocycles. The highest BCUT2D eigenvalue weighted by atomic mass is 16.4. The van der Waals surface area contributed by atoms with Crippen molar-refractivity contribution in [2.75, 3.05) is 0 Å². The second-order valence-electron chi connectivity index (χ2n) is 5.52. The second-order valence-corrected chi connectivity index (χ2v) is 5.52. The van der Waals surface area contributed by atoms with Gasteiger partial charge in [-0.2, -0.15) is 0 Å². The van der Waals surface area contributed by atoms with E-state index in [1.807, 2.05) is 0 Å². The van der Waals surface area contributed by atoms with Crippen molar-refractivity contribution in [1.29, 1.82) is 0 Å². The van der Waals surface area contributed by atoms with Gasteiger partial charge in [-0.25, -0.2) is 0 Å². The van der Waals surface area contributed by atoms with Crippen molar-refractivity contribution in [2.45, 2.75) is 52.0 Å². The van der Waals surface area contributed by atoms with E-state index in [9.17, 15) is 4.79 Å². The number of nitrogens with two attached hydrogens (primary N) is 1. The Hall–Kier alpha value is -1.35. The molecule has 0 aliphatic carbocycles. The van der Waals surface area contributed by atoms with Crippen molar-refractivity contribution in [3.05, 3.63) is 35.4 Å². The van der Waals surface area contributed by atoms with Gasteiger partial charge in [-0.05, 0) is 43.2 Å². The molecule has 0 aliphatic rings. The fourth-order valence-electron chi connectivity index (χ4n) is 2.47. The van der Waals surface area contributed by atoms with E-state index >= 15 is 0 Å². The first-order valence-corrected chi connectivity index (χ1v) is 7.01. The third-order valence-corrected chi connectivity index (χ3v) is 3.55. The first-order chi connectivity index (χ1) is 8.99. The van der Waals surface area contributed by atoms with Crippen LogP contribution in [0.1, 0.15) is 43.7 Å². The van der Waals surface area contributed by atoms with Crippen molar-refractivity contribution >= 4 is 5.97 Å². The Morgan fingerprint density at radius 1 is 1.37 bits per heavy atom. The summed E-state index contributed by atoms with van der Waals surface area (Å²) in [6, 6.07) is 8.24. The molecule has 2 atom stereocenters. The largest absolute Gasteiger partial charge is 0.481 e. The first kappa shape index (κ1) is 15.7. The molecule has 0 aromatic heterocycles. The number of aryl methyl sites for hydroxylation is 2. The van der Waals surface area contributed by atoms with E-state index in [0.717, 1.165) is 25.7 Å². The molecule has 0 fully saturated rings. The zero-order valence-electron chi connectivity index (χ0n) is 11.9. The Morgan fingerprint density at radius 3 is 2.68 bits per heavy atom. The highest BCUT2D eigenvalue weighted by Gasteiger charge is 2.12. The number of rotatable bonds is 8. The smallest absolute Gasteiger partial charge is 0.304 e. The molecule has 3 heteroatoms. The van der Waals surface area contributed by atoms with Gasteiger partial charge in [-0.3, -0.25) is 4.79 Å². The van der Waals surface area contributed by atoms with Crippen LogP contribution >= 0.6 is 0 Å². The molecule has 0 bridgehead atoms. The van der Waals surface area contributed by atoms with Crippen molar-refractivity contribution in [3.63, 3.8) is 0 Å². The SMILES string of the molecule is Cc1ccccc1CCC[C@H](C)C[C@H](N)CC(=O)O. The number of carbonyl (C=O) groups is 1. The second kappa shape index (κ2) is 7.95. The van der Waals surface area contributed by atoms with Crippen molar-refractivity contribution in [3.8, 4) is 0 Å². The molecule has 1 aromatic carbocycles. The summed E-state index contributed by atoms with van der Waals surface area (Å²) in [5, 5.41) is 8.67. The predicted molar refractivity (Wildman–Crippen MR) is 78.1 cm³/mol. The topological polar surface area (TPSA) is 63.3 Å². The third kappa shape index (κ3) is 6.39. The van der Waals surface area contributed by atoms with E-state index in [1.54, 1.807) is 0 Å². The van der Waals surface area contributed by atoms with Crippen LogP contribution < -0.4 is 5.73 Å². The van der Waals surface area contributed by atoms with Gasteiger partial charge in [0.05, 0.1) is 6.42 Å². The van der Waals surface area contributed by atoms with Gasteiger partial charge in [-0.1, -0.05) is 37.6 Å². The molecule has 106 valence electrons. The van der Waals surface area contributed by atoms with Gasteiger partial charge in [0, 0.05) is 6.04 Å². The maximum atomic E-state index is 10.5. The highest BCUT2D eigenvalue weighted by Crippen LogP contribution is 2.17. The van der Waals surface area contributed by atoms with Gasteiger partial charge >= 0.3 is 5.97 Å². The lowest BCUT2D eigenvalue weighted by Gasteiger charge is -2.16. The number of hydrogen-bond donors (Lipinski definition) is 2. The summed E-state index contributed by atoms with van der Waals surface area (Å²) in [5.41, 5.74) is 8.55. The molecule has 0 amide bonds. The third-order valence-electron chi connectivity index (χ3n) is 3.55.